The summed E-state index contributed by atoms with van der Waals surface area (Å²) in [7, 11) is 0. The third-order valence-corrected chi connectivity index (χ3v) is 6.56. The van der Waals surface area contributed by atoms with Crippen LogP contribution in [-0.4, -0.2) is 40.6 Å². The van der Waals surface area contributed by atoms with Crippen LogP contribution in [0.2, 0.25) is 0 Å². The van der Waals surface area contributed by atoms with Gasteiger partial charge in [0.15, 0.2) is 5.82 Å². The lowest BCUT2D eigenvalue weighted by atomic mass is 9.90. The van der Waals surface area contributed by atoms with Gasteiger partial charge in [-0.05, 0) is 41.0 Å². The Labute approximate surface area is 243 Å². The van der Waals surface area contributed by atoms with Gasteiger partial charge in [0, 0.05) is 12.1 Å². The first-order valence-electron chi connectivity index (χ1n) is 13.0. The Morgan fingerprint density at radius 1 is 1.00 bits per heavy atom. The summed E-state index contributed by atoms with van der Waals surface area (Å²) in [4.78, 5) is 32.8. The van der Waals surface area contributed by atoms with Crippen molar-refractivity contribution in [2.24, 2.45) is 10.8 Å². The van der Waals surface area contributed by atoms with Crippen molar-refractivity contribution in [3.05, 3.63) is 119 Å². The fourth-order valence-corrected chi connectivity index (χ4v) is 4.45. The molecule has 0 bridgehead atoms. The molecule has 3 N–H and O–H groups in total. The lowest BCUT2D eigenvalue weighted by molar-refractivity contribution is -0.137. The van der Waals surface area contributed by atoms with E-state index in [2.05, 4.69) is 15.3 Å². The van der Waals surface area contributed by atoms with Crippen LogP contribution in [-0.2, 0) is 17.6 Å². The van der Waals surface area contributed by atoms with Crippen molar-refractivity contribution < 1.29 is 31.9 Å². The van der Waals surface area contributed by atoms with E-state index in [1.807, 2.05) is 30.3 Å². The van der Waals surface area contributed by atoms with Crippen LogP contribution in [0, 0.1) is 5.82 Å². The molecule has 2 amide bonds. The smallest absolute Gasteiger partial charge is 0.416 e. The quantitative estimate of drug-likeness (QED) is 0.277. The van der Waals surface area contributed by atoms with Gasteiger partial charge in [-0.25, -0.2) is 14.4 Å². The van der Waals surface area contributed by atoms with E-state index in [9.17, 15) is 27.2 Å². The van der Waals surface area contributed by atoms with E-state index in [4.69, 9.17) is 15.6 Å². The maximum Gasteiger partial charge on any atom is 0.416 e. The number of halogens is 4. The van der Waals surface area contributed by atoms with Crippen molar-refractivity contribution in [2.75, 3.05) is 18.1 Å². The van der Waals surface area contributed by atoms with Crippen molar-refractivity contribution in [1.82, 2.24) is 15.3 Å². The molecule has 0 saturated carbocycles. The third kappa shape index (κ3) is 6.94. The van der Waals surface area contributed by atoms with Crippen molar-refractivity contribution in [1.29, 1.82) is 0 Å². The second-order valence-corrected chi connectivity index (χ2v) is 9.56. The van der Waals surface area contributed by atoms with Gasteiger partial charge in [0.2, 0.25) is 5.91 Å². The highest BCUT2D eigenvalue weighted by Crippen LogP contribution is 2.33. The first-order valence-corrected chi connectivity index (χ1v) is 13.0. The molecule has 0 radical (unpaired) electrons. The van der Waals surface area contributed by atoms with Crippen LogP contribution in [0.4, 0.5) is 23.4 Å². The number of carbonyl (C=O) groups excluding carboxylic acids is 2. The SMILES string of the molecule is NC(=O)CNC(=O)c1cnc(OCc2ccc(C(F)(F)F)cc2)nc1N1CC(c2ccccc2)C(c2ccc(F)cc2)=N1. The molecular formula is C30H24F4N6O3. The average molecular weight is 593 g/mol. The zero-order valence-corrected chi connectivity index (χ0v) is 22.4. The Bertz CT molecular complexity index is 1650. The number of alkyl halides is 3. The number of hydrazone groups is 1. The summed E-state index contributed by atoms with van der Waals surface area (Å²) in [6, 6.07) is 19.6. The number of nitrogens with one attached hydrogen (secondary N) is 1. The van der Waals surface area contributed by atoms with Crippen LogP contribution >= 0.6 is 0 Å². The monoisotopic (exact) mass is 592 g/mol. The number of nitrogens with two attached hydrogens (primary N) is 1. The lowest BCUT2D eigenvalue weighted by Gasteiger charge is -2.19. The van der Waals surface area contributed by atoms with E-state index in [-0.39, 0.29) is 36.5 Å². The van der Waals surface area contributed by atoms with Gasteiger partial charge < -0.3 is 15.8 Å². The molecule has 1 unspecified atom stereocenters. The minimum Gasteiger partial charge on any atom is -0.459 e. The van der Waals surface area contributed by atoms with E-state index < -0.39 is 35.9 Å². The minimum atomic E-state index is -4.47. The number of anilines is 1. The van der Waals surface area contributed by atoms with Gasteiger partial charge in [0.1, 0.15) is 18.0 Å². The molecule has 9 nitrogen and oxygen atoms in total. The molecule has 1 aromatic heterocycles. The van der Waals surface area contributed by atoms with Crippen LogP contribution in [0.15, 0.2) is 90.2 Å². The molecule has 1 atom stereocenters. The van der Waals surface area contributed by atoms with Gasteiger partial charge in [-0.2, -0.15) is 23.3 Å². The summed E-state index contributed by atoms with van der Waals surface area (Å²) < 4.78 is 58.1. The van der Waals surface area contributed by atoms with Gasteiger partial charge in [-0.15, -0.1) is 0 Å². The molecule has 2 heterocycles. The van der Waals surface area contributed by atoms with Crippen LogP contribution in [0.25, 0.3) is 0 Å². The van der Waals surface area contributed by atoms with E-state index in [0.29, 0.717) is 16.8 Å². The zero-order chi connectivity index (χ0) is 30.6. The van der Waals surface area contributed by atoms with Crippen molar-refractivity contribution in [3.63, 3.8) is 0 Å². The van der Waals surface area contributed by atoms with Gasteiger partial charge in [-0.1, -0.05) is 54.6 Å². The number of nitrogens with zero attached hydrogens (tertiary/aromatic N) is 4. The molecule has 3 aromatic carbocycles. The molecule has 0 spiro atoms. The molecule has 1 aliphatic heterocycles. The number of rotatable bonds is 9. The van der Waals surface area contributed by atoms with Crippen LogP contribution in [0.3, 0.4) is 0 Å². The fourth-order valence-electron chi connectivity index (χ4n) is 4.45. The van der Waals surface area contributed by atoms with E-state index >= 15 is 0 Å². The second kappa shape index (κ2) is 12.3. The Balaban J connectivity index is 1.49. The standard InChI is InChI=1S/C30H24F4N6O3/c31-22-12-8-20(9-13-22)26-24(19-4-2-1-3-5-19)16-40(39-26)27-23(28(42)36-15-25(35)41)14-37-29(38-27)43-17-18-6-10-21(11-7-18)30(32,33)34/h1-14,24H,15-17H2,(H2,35,41)(H,36,42). The van der Waals surface area contributed by atoms with Crippen molar-refractivity contribution in [2.45, 2.75) is 18.7 Å². The Hall–Kier alpha value is -5.33. The van der Waals surface area contributed by atoms with Gasteiger partial charge in [0.25, 0.3) is 5.91 Å². The van der Waals surface area contributed by atoms with Gasteiger partial charge >= 0.3 is 12.2 Å². The largest absolute Gasteiger partial charge is 0.459 e. The molecule has 220 valence electrons. The zero-order valence-electron chi connectivity index (χ0n) is 22.4. The molecule has 43 heavy (non-hydrogen) atoms. The van der Waals surface area contributed by atoms with E-state index in [1.165, 1.54) is 35.5 Å². The van der Waals surface area contributed by atoms with E-state index in [0.717, 1.165) is 17.7 Å². The Morgan fingerprint density at radius 2 is 1.70 bits per heavy atom. The summed E-state index contributed by atoms with van der Waals surface area (Å²) in [5.74, 6) is -2.09. The second-order valence-electron chi connectivity index (χ2n) is 9.56. The molecule has 0 aliphatic carbocycles. The summed E-state index contributed by atoms with van der Waals surface area (Å²) >= 11 is 0. The fraction of sp³-hybridized carbons (Fsp3) is 0.167. The van der Waals surface area contributed by atoms with Gasteiger partial charge in [0.05, 0.1) is 24.4 Å². The van der Waals surface area contributed by atoms with Crippen LogP contribution in [0.5, 0.6) is 6.01 Å². The number of hydrogen-bond acceptors (Lipinski definition) is 7. The number of carbonyl (C=O) groups is 2. The highest BCUT2D eigenvalue weighted by molar-refractivity contribution is 6.08. The first kappa shape index (κ1) is 29.2. The normalized spacial score (nSPS) is 14.7. The summed E-state index contributed by atoms with van der Waals surface area (Å²) in [5.41, 5.74) is 6.96. The summed E-state index contributed by atoms with van der Waals surface area (Å²) in [6.07, 6.45) is -3.27. The number of amides is 2. The molecule has 0 fully saturated rings. The lowest BCUT2D eigenvalue weighted by Crippen LogP contribution is -2.34. The summed E-state index contributed by atoms with van der Waals surface area (Å²) in [5, 5.41) is 8.64. The Kier molecular flexibility index (Phi) is 8.32. The van der Waals surface area contributed by atoms with Crippen molar-refractivity contribution in [3.8, 4) is 6.01 Å². The van der Waals surface area contributed by atoms with Crippen LogP contribution < -0.4 is 20.8 Å². The number of benzene rings is 3. The van der Waals surface area contributed by atoms with Gasteiger partial charge in [-0.3, -0.25) is 9.59 Å². The minimum absolute atomic E-state index is 0.0287. The predicted octanol–water partition coefficient (Wildman–Crippen LogP) is 4.44. The summed E-state index contributed by atoms with van der Waals surface area (Å²) in [6.45, 7) is -0.342. The highest BCUT2D eigenvalue weighted by atomic mass is 19.4. The third-order valence-electron chi connectivity index (χ3n) is 6.56. The molecular weight excluding hydrogens is 568 g/mol. The topological polar surface area (TPSA) is 123 Å². The number of primary amides is 1. The van der Waals surface area contributed by atoms with Crippen molar-refractivity contribution >= 4 is 23.3 Å². The number of ether oxygens (including phenoxy) is 1. The first-order chi connectivity index (χ1) is 20.6. The average Bonchev–Trinajstić information content (AvgIpc) is 3.45. The number of aromatic nitrogens is 2. The number of hydrogen-bond donors (Lipinski definition) is 2. The molecule has 0 saturated heterocycles. The highest BCUT2D eigenvalue weighted by Gasteiger charge is 2.33. The van der Waals surface area contributed by atoms with E-state index in [1.54, 1.807) is 12.1 Å². The van der Waals surface area contributed by atoms with Crippen LogP contribution in [0.1, 0.15) is 38.5 Å². The molecule has 4 aromatic rings. The molecule has 1 aliphatic rings. The molecule has 5 rings (SSSR count). The molecule has 13 heteroatoms. The maximum atomic E-state index is 13.7. The predicted molar refractivity (Wildman–Crippen MR) is 149 cm³/mol. The maximum absolute atomic E-state index is 13.7. The Morgan fingerprint density at radius 3 is 2.35 bits per heavy atom.